The molecular weight excluding hydrogens is 116 g/mol. The highest BCUT2D eigenvalue weighted by molar-refractivity contribution is 5.72. The number of rotatable bonds is 1. The second-order valence-corrected chi connectivity index (χ2v) is 0.826. The Hall–Kier alpha value is -0.860. The van der Waals surface area contributed by atoms with Gasteiger partial charge in [0.25, 0.3) is 0 Å². The van der Waals surface area contributed by atoms with Crippen molar-refractivity contribution >= 4 is 12.6 Å². The Morgan fingerprint density at radius 2 is 1.89 bits per heavy atom. The van der Waals surface area contributed by atoms with Crippen molar-refractivity contribution < 1.29 is 4.79 Å². The minimum absolute atomic E-state index is 0. The molecule has 0 saturated heterocycles. The van der Waals surface area contributed by atoms with Gasteiger partial charge in [0.2, 0.25) is 5.91 Å². The van der Waals surface area contributed by atoms with Crippen molar-refractivity contribution in [3.63, 3.8) is 0 Å². The molecule has 0 atom stereocenters. The smallest absolute Gasteiger partial charge is 0.236 e. The van der Waals surface area contributed by atoms with E-state index < -0.39 is 0 Å². The van der Waals surface area contributed by atoms with E-state index in [1.807, 2.05) is 13.8 Å². The van der Waals surface area contributed by atoms with Crippen LogP contribution in [0.3, 0.4) is 0 Å². The van der Waals surface area contributed by atoms with Crippen molar-refractivity contribution in [2.75, 3.05) is 0 Å². The lowest BCUT2D eigenvalue weighted by Crippen LogP contribution is -2.10. The Bertz CT molecular complexity index is 71.5. The average Bonchev–Trinajstić information content (AvgIpc) is 1.72. The zero-order chi connectivity index (χ0) is 6.99. The first-order valence-corrected chi connectivity index (χ1v) is 2.49. The Labute approximate surface area is 57.2 Å². The molecule has 3 nitrogen and oxygen atoms in total. The van der Waals surface area contributed by atoms with Gasteiger partial charge < -0.3 is 0 Å². The minimum Gasteiger partial charge on any atom is -0.274 e. The Kier molecular flexibility index (Phi) is 27.4. The maximum atomic E-state index is 9.80. The number of carbonyl (C=O) groups is 1. The van der Waals surface area contributed by atoms with Crippen LogP contribution in [-0.2, 0) is 4.79 Å². The maximum absolute atomic E-state index is 9.80. The molecule has 0 aromatic carbocycles. The number of nitrogens with zero attached hydrogens (tertiary/aromatic N) is 1. The van der Waals surface area contributed by atoms with Crippen molar-refractivity contribution in [3.05, 3.63) is 0 Å². The third-order valence-electron chi connectivity index (χ3n) is 0.237. The van der Waals surface area contributed by atoms with E-state index >= 15 is 0 Å². The lowest BCUT2D eigenvalue weighted by atomic mass is 10.8. The van der Waals surface area contributed by atoms with Gasteiger partial charge in [-0.15, -0.1) is 0 Å². The quantitative estimate of drug-likeness (QED) is 0.425. The number of carbonyl (C=O) groups excluding carboxylic acids is 1. The van der Waals surface area contributed by atoms with Gasteiger partial charge in [-0.1, -0.05) is 21.3 Å². The first-order chi connectivity index (χ1) is 3.77. The van der Waals surface area contributed by atoms with Crippen molar-refractivity contribution in [2.24, 2.45) is 5.10 Å². The third-order valence-corrected chi connectivity index (χ3v) is 0.237. The van der Waals surface area contributed by atoms with Crippen LogP contribution in [0.25, 0.3) is 0 Å². The van der Waals surface area contributed by atoms with E-state index in [9.17, 15) is 4.79 Å². The summed E-state index contributed by atoms with van der Waals surface area (Å²) < 4.78 is 0. The molecule has 0 fully saturated rings. The molecular formula is C6H16N2O. The lowest BCUT2D eigenvalue weighted by Gasteiger charge is -1.82. The van der Waals surface area contributed by atoms with Crippen LogP contribution in [0.5, 0.6) is 0 Å². The molecule has 56 valence electrons. The molecule has 3 heteroatoms. The van der Waals surface area contributed by atoms with Crippen LogP contribution in [0.4, 0.5) is 0 Å². The highest BCUT2D eigenvalue weighted by Gasteiger charge is 1.77. The Balaban J connectivity index is -0.000000109. The van der Waals surface area contributed by atoms with Gasteiger partial charge in [0.1, 0.15) is 0 Å². The summed E-state index contributed by atoms with van der Waals surface area (Å²) in [6.45, 7) is 8.39. The van der Waals surface area contributed by atoms with Crippen LogP contribution in [-0.4, -0.2) is 12.6 Å². The molecule has 0 rings (SSSR count). The number of amides is 1. The molecule has 0 unspecified atom stereocenters. The second-order valence-electron chi connectivity index (χ2n) is 0.826. The molecule has 0 bridgehead atoms. The number of hydrogen-bond donors (Lipinski definition) is 1. The highest BCUT2D eigenvalue weighted by Crippen LogP contribution is 1.52. The molecule has 0 aliphatic carbocycles. The van der Waals surface area contributed by atoms with Gasteiger partial charge in [-0.3, -0.25) is 4.79 Å². The summed E-state index contributed by atoms with van der Waals surface area (Å²) >= 11 is 0. The topological polar surface area (TPSA) is 41.5 Å². The van der Waals surface area contributed by atoms with E-state index in [0.717, 1.165) is 0 Å². The van der Waals surface area contributed by atoms with Gasteiger partial charge in [0.15, 0.2) is 0 Å². The first kappa shape index (κ1) is 15.7. The van der Waals surface area contributed by atoms with Gasteiger partial charge in [-0.2, -0.15) is 5.10 Å². The van der Waals surface area contributed by atoms with Crippen LogP contribution in [0.15, 0.2) is 5.10 Å². The van der Waals surface area contributed by atoms with Gasteiger partial charge in [0, 0.05) is 13.6 Å². The Morgan fingerprint density at radius 3 is 1.89 bits per heavy atom. The summed E-state index contributed by atoms with van der Waals surface area (Å²) in [7, 11) is 0. The first-order valence-electron chi connectivity index (χ1n) is 2.49. The summed E-state index contributed by atoms with van der Waals surface area (Å²) in [4.78, 5) is 9.80. The molecule has 0 aliphatic heterocycles. The van der Waals surface area contributed by atoms with Crippen LogP contribution in [0, 0.1) is 0 Å². The largest absolute Gasteiger partial charge is 0.274 e. The lowest BCUT2D eigenvalue weighted by molar-refractivity contribution is -0.118. The minimum atomic E-state index is -0.190. The summed E-state index contributed by atoms with van der Waals surface area (Å²) in [6.07, 6.45) is 0. The van der Waals surface area contributed by atoms with Gasteiger partial charge in [-0.05, 0) is 0 Å². The molecule has 0 radical (unpaired) electrons. The van der Waals surface area contributed by atoms with Crippen LogP contribution in [0.2, 0.25) is 0 Å². The molecule has 9 heavy (non-hydrogen) atoms. The monoisotopic (exact) mass is 132 g/mol. The Morgan fingerprint density at radius 1 is 1.56 bits per heavy atom. The normalized spacial score (nSPS) is 5.22. The fourth-order valence-corrected chi connectivity index (χ4v) is 0.111. The molecule has 1 N–H and O–H groups in total. The van der Waals surface area contributed by atoms with Gasteiger partial charge in [0.05, 0.1) is 0 Å². The predicted molar refractivity (Wildman–Crippen MR) is 41.4 cm³/mol. The van der Waals surface area contributed by atoms with E-state index in [-0.39, 0.29) is 13.3 Å². The van der Waals surface area contributed by atoms with E-state index in [2.05, 4.69) is 17.2 Å². The van der Waals surface area contributed by atoms with Crippen LogP contribution >= 0.6 is 0 Å². The highest BCUT2D eigenvalue weighted by atomic mass is 16.2. The van der Waals surface area contributed by atoms with Crippen LogP contribution in [0.1, 0.15) is 28.2 Å². The molecule has 0 aromatic rings. The zero-order valence-corrected chi connectivity index (χ0v) is 5.56. The maximum Gasteiger partial charge on any atom is 0.236 e. The SMILES string of the molecule is C.C=NNC(C)=O.CC. The fraction of sp³-hybridized carbons (Fsp3) is 0.667. The molecule has 0 spiro atoms. The van der Waals surface area contributed by atoms with Gasteiger partial charge in [-0.25, -0.2) is 5.43 Å². The molecule has 0 saturated carbocycles. The summed E-state index contributed by atoms with van der Waals surface area (Å²) in [5.74, 6) is -0.190. The number of hydrogen-bond acceptors (Lipinski definition) is 2. The predicted octanol–water partition coefficient (Wildman–Crippen LogP) is 1.40. The van der Waals surface area contributed by atoms with E-state index in [4.69, 9.17) is 0 Å². The number of hydrazone groups is 1. The van der Waals surface area contributed by atoms with E-state index in [0.29, 0.717) is 0 Å². The number of nitrogens with one attached hydrogen (secondary N) is 1. The van der Waals surface area contributed by atoms with Crippen molar-refractivity contribution in [3.8, 4) is 0 Å². The van der Waals surface area contributed by atoms with E-state index in [1.54, 1.807) is 0 Å². The molecule has 0 aliphatic rings. The van der Waals surface area contributed by atoms with Crippen molar-refractivity contribution in [2.45, 2.75) is 28.2 Å². The molecule has 0 aromatic heterocycles. The summed E-state index contributed by atoms with van der Waals surface area (Å²) in [5.41, 5.74) is 2.08. The standard InChI is InChI=1S/C3H6N2O.C2H6.CH4/c1-3(6)5-4-2;1-2;/h2H2,1H3,(H,5,6);1-2H3;1H4. The second kappa shape index (κ2) is 15.7. The van der Waals surface area contributed by atoms with Crippen molar-refractivity contribution in [1.82, 2.24) is 5.43 Å². The zero-order valence-electron chi connectivity index (χ0n) is 5.56. The fourth-order valence-electron chi connectivity index (χ4n) is 0.111. The van der Waals surface area contributed by atoms with Crippen molar-refractivity contribution in [1.29, 1.82) is 0 Å². The average molecular weight is 132 g/mol. The van der Waals surface area contributed by atoms with Gasteiger partial charge >= 0.3 is 0 Å². The molecule has 1 amide bonds. The summed E-state index contributed by atoms with van der Waals surface area (Å²) in [6, 6.07) is 0. The van der Waals surface area contributed by atoms with E-state index in [1.165, 1.54) is 6.92 Å². The van der Waals surface area contributed by atoms with Crippen LogP contribution < -0.4 is 5.43 Å². The summed E-state index contributed by atoms with van der Waals surface area (Å²) in [5, 5.41) is 3.09. The third kappa shape index (κ3) is 41.2. The molecule has 0 heterocycles.